The van der Waals surface area contributed by atoms with E-state index in [9.17, 15) is 13.5 Å². The number of aliphatic hydroxyl groups is 1. The van der Waals surface area contributed by atoms with E-state index in [1.54, 1.807) is 30.3 Å². The highest BCUT2D eigenvalue weighted by Gasteiger charge is 2.17. The molecule has 1 heterocycles. The largest absolute Gasteiger partial charge is 0.478 e. The predicted molar refractivity (Wildman–Crippen MR) is 78.6 cm³/mol. The van der Waals surface area contributed by atoms with Crippen molar-refractivity contribution in [3.8, 4) is 5.88 Å². The first-order valence-corrected chi connectivity index (χ1v) is 7.85. The van der Waals surface area contributed by atoms with Crippen LogP contribution in [0.4, 0.5) is 5.69 Å². The number of rotatable bonds is 6. The van der Waals surface area contributed by atoms with Crippen LogP contribution in [0.1, 0.15) is 12.5 Å². The lowest BCUT2D eigenvalue weighted by Gasteiger charge is -2.11. The minimum Gasteiger partial charge on any atom is -0.478 e. The van der Waals surface area contributed by atoms with Crippen molar-refractivity contribution in [1.29, 1.82) is 0 Å². The molecule has 21 heavy (non-hydrogen) atoms. The standard InChI is InChI=1S/C14H16N2O4S/c1-2-20-14-8-7-12(9-15-14)16-21(18,19)13-6-4-3-5-11(13)10-17/h3-9,16-17H,2,10H2,1H3. The Morgan fingerprint density at radius 1 is 1.24 bits per heavy atom. The van der Waals surface area contributed by atoms with Crippen LogP contribution in [-0.4, -0.2) is 25.1 Å². The van der Waals surface area contributed by atoms with Gasteiger partial charge in [-0.05, 0) is 24.6 Å². The fourth-order valence-electron chi connectivity index (χ4n) is 1.78. The van der Waals surface area contributed by atoms with Gasteiger partial charge in [0.1, 0.15) is 0 Å². The first-order valence-electron chi connectivity index (χ1n) is 6.37. The van der Waals surface area contributed by atoms with Crippen LogP contribution in [0.2, 0.25) is 0 Å². The number of ether oxygens (including phenoxy) is 1. The molecule has 0 aliphatic carbocycles. The summed E-state index contributed by atoms with van der Waals surface area (Å²) in [4.78, 5) is 4.03. The van der Waals surface area contributed by atoms with E-state index >= 15 is 0 Å². The normalized spacial score (nSPS) is 11.1. The third-order valence-corrected chi connectivity index (χ3v) is 4.19. The number of benzene rings is 1. The van der Waals surface area contributed by atoms with Crippen molar-refractivity contribution in [2.75, 3.05) is 11.3 Å². The quantitative estimate of drug-likeness (QED) is 0.849. The smallest absolute Gasteiger partial charge is 0.262 e. The molecule has 0 aliphatic heterocycles. The second-order valence-corrected chi connectivity index (χ2v) is 5.84. The highest BCUT2D eigenvalue weighted by atomic mass is 32.2. The van der Waals surface area contributed by atoms with Crippen LogP contribution in [0.5, 0.6) is 5.88 Å². The number of nitrogens with zero attached hydrogens (tertiary/aromatic N) is 1. The summed E-state index contributed by atoms with van der Waals surface area (Å²) in [6.45, 7) is 1.98. The number of hydrogen-bond donors (Lipinski definition) is 2. The highest BCUT2D eigenvalue weighted by Crippen LogP contribution is 2.20. The number of anilines is 1. The fourth-order valence-corrected chi connectivity index (χ4v) is 3.06. The summed E-state index contributed by atoms with van der Waals surface area (Å²) >= 11 is 0. The highest BCUT2D eigenvalue weighted by molar-refractivity contribution is 7.92. The van der Waals surface area contributed by atoms with Crippen LogP contribution >= 0.6 is 0 Å². The van der Waals surface area contributed by atoms with Gasteiger partial charge in [-0.25, -0.2) is 13.4 Å². The Morgan fingerprint density at radius 2 is 2.00 bits per heavy atom. The average Bonchev–Trinajstić information content (AvgIpc) is 2.49. The maximum atomic E-state index is 12.3. The van der Waals surface area contributed by atoms with Crippen LogP contribution in [0.25, 0.3) is 0 Å². The van der Waals surface area contributed by atoms with Gasteiger partial charge in [0.2, 0.25) is 5.88 Å². The number of sulfonamides is 1. The number of aromatic nitrogens is 1. The van der Waals surface area contributed by atoms with Crippen LogP contribution in [0.3, 0.4) is 0 Å². The van der Waals surface area contributed by atoms with Gasteiger partial charge in [-0.3, -0.25) is 4.72 Å². The van der Waals surface area contributed by atoms with E-state index in [0.29, 0.717) is 23.7 Å². The molecule has 0 saturated heterocycles. The van der Waals surface area contributed by atoms with Gasteiger partial charge in [-0.1, -0.05) is 18.2 Å². The molecular formula is C14H16N2O4S. The minimum atomic E-state index is -3.77. The second-order valence-electron chi connectivity index (χ2n) is 4.19. The predicted octanol–water partition coefficient (Wildman–Crippen LogP) is 1.77. The van der Waals surface area contributed by atoms with Crippen molar-refractivity contribution in [3.63, 3.8) is 0 Å². The van der Waals surface area contributed by atoms with Gasteiger partial charge in [0.25, 0.3) is 10.0 Å². The summed E-state index contributed by atoms with van der Waals surface area (Å²) in [5.74, 6) is 0.427. The average molecular weight is 308 g/mol. The van der Waals surface area contributed by atoms with Crippen molar-refractivity contribution in [3.05, 3.63) is 48.2 Å². The summed E-state index contributed by atoms with van der Waals surface area (Å²) in [6.07, 6.45) is 1.38. The maximum Gasteiger partial charge on any atom is 0.262 e. The van der Waals surface area contributed by atoms with Gasteiger partial charge in [0, 0.05) is 6.07 Å². The van der Waals surface area contributed by atoms with Crippen molar-refractivity contribution < 1.29 is 18.3 Å². The Morgan fingerprint density at radius 3 is 2.62 bits per heavy atom. The summed E-state index contributed by atoms with van der Waals surface area (Å²) in [5.41, 5.74) is 0.662. The van der Waals surface area contributed by atoms with Crippen LogP contribution in [-0.2, 0) is 16.6 Å². The molecule has 6 nitrogen and oxygen atoms in total. The zero-order valence-electron chi connectivity index (χ0n) is 11.5. The SMILES string of the molecule is CCOc1ccc(NS(=O)(=O)c2ccccc2CO)cn1. The van der Waals surface area contributed by atoms with Crippen LogP contribution in [0.15, 0.2) is 47.5 Å². The van der Waals surface area contributed by atoms with Crippen molar-refractivity contribution in [2.24, 2.45) is 0 Å². The molecule has 0 fully saturated rings. The zero-order chi connectivity index (χ0) is 15.3. The maximum absolute atomic E-state index is 12.3. The van der Waals surface area contributed by atoms with E-state index < -0.39 is 10.0 Å². The van der Waals surface area contributed by atoms with Gasteiger partial charge in [0.05, 0.1) is 30.0 Å². The minimum absolute atomic E-state index is 0.0429. The molecule has 2 rings (SSSR count). The molecule has 0 radical (unpaired) electrons. The molecule has 7 heteroatoms. The van der Waals surface area contributed by atoms with Gasteiger partial charge in [-0.15, -0.1) is 0 Å². The first-order chi connectivity index (χ1) is 10.1. The van der Waals surface area contributed by atoms with E-state index in [2.05, 4.69) is 9.71 Å². The molecule has 1 aromatic carbocycles. The van der Waals surface area contributed by atoms with Crippen molar-refractivity contribution in [2.45, 2.75) is 18.4 Å². The fraction of sp³-hybridized carbons (Fsp3) is 0.214. The van der Waals surface area contributed by atoms with E-state index in [1.165, 1.54) is 12.3 Å². The lowest BCUT2D eigenvalue weighted by Crippen LogP contribution is -2.15. The summed E-state index contributed by atoms with van der Waals surface area (Å²) in [6, 6.07) is 9.42. The monoisotopic (exact) mass is 308 g/mol. The molecular weight excluding hydrogens is 292 g/mol. The Kier molecular flexibility index (Phi) is 4.77. The lowest BCUT2D eigenvalue weighted by molar-refractivity contribution is 0.278. The number of hydrogen-bond acceptors (Lipinski definition) is 5. The molecule has 0 amide bonds. The third kappa shape index (κ3) is 3.71. The third-order valence-electron chi connectivity index (χ3n) is 2.71. The first kappa shape index (κ1) is 15.3. The van der Waals surface area contributed by atoms with E-state index in [0.717, 1.165) is 0 Å². The molecule has 0 atom stereocenters. The van der Waals surface area contributed by atoms with Crippen molar-refractivity contribution in [1.82, 2.24) is 4.98 Å². The zero-order valence-corrected chi connectivity index (χ0v) is 12.3. The van der Waals surface area contributed by atoms with E-state index in [4.69, 9.17) is 4.74 Å². The van der Waals surface area contributed by atoms with Crippen LogP contribution in [0, 0.1) is 0 Å². The topological polar surface area (TPSA) is 88.5 Å². The summed E-state index contributed by atoms with van der Waals surface area (Å²) in [7, 11) is -3.77. The Labute approximate surface area is 123 Å². The Balaban J connectivity index is 2.24. The number of pyridine rings is 1. The second kappa shape index (κ2) is 6.55. The van der Waals surface area contributed by atoms with E-state index in [-0.39, 0.29) is 11.5 Å². The summed E-state index contributed by atoms with van der Waals surface area (Å²) in [5, 5.41) is 9.22. The molecule has 112 valence electrons. The van der Waals surface area contributed by atoms with Gasteiger partial charge >= 0.3 is 0 Å². The molecule has 0 saturated carbocycles. The van der Waals surface area contributed by atoms with Gasteiger partial charge in [0.15, 0.2) is 0 Å². The van der Waals surface area contributed by atoms with Gasteiger partial charge < -0.3 is 9.84 Å². The lowest BCUT2D eigenvalue weighted by atomic mass is 10.2. The van der Waals surface area contributed by atoms with Crippen LogP contribution < -0.4 is 9.46 Å². The van der Waals surface area contributed by atoms with E-state index in [1.807, 2.05) is 6.92 Å². The molecule has 2 aromatic rings. The number of nitrogens with one attached hydrogen (secondary N) is 1. The molecule has 2 N–H and O–H groups in total. The molecule has 1 aromatic heterocycles. The Hall–Kier alpha value is -2.12. The number of aliphatic hydroxyl groups excluding tert-OH is 1. The summed E-state index contributed by atoms with van der Waals surface area (Å²) < 4.78 is 32.2. The molecule has 0 unspecified atom stereocenters. The van der Waals surface area contributed by atoms with Crippen molar-refractivity contribution >= 4 is 15.7 Å². The van der Waals surface area contributed by atoms with Gasteiger partial charge in [-0.2, -0.15) is 0 Å². The Bertz CT molecular complexity index is 699. The molecule has 0 spiro atoms. The molecule has 0 aliphatic rings. The molecule has 0 bridgehead atoms.